The van der Waals surface area contributed by atoms with Gasteiger partial charge in [-0.2, -0.15) is 4.39 Å². The molecule has 2 aromatic carbocycles. The Balaban J connectivity index is 1.76. The summed E-state index contributed by atoms with van der Waals surface area (Å²) in [5.74, 6) is -0.0767. The molecule has 1 amide bonds. The first-order valence-electron chi connectivity index (χ1n) is 8.29. The van der Waals surface area contributed by atoms with E-state index < -0.39 is 17.7 Å². The Labute approximate surface area is 146 Å². The lowest BCUT2D eigenvalue weighted by atomic mass is 9.98. The number of alkyl carbamates (subject to hydrolysis) is 1. The molecule has 1 N–H and O–H groups in total. The van der Waals surface area contributed by atoms with Gasteiger partial charge in [0.15, 0.2) is 0 Å². The number of carbonyl (C=O) groups excluding carboxylic acids is 2. The summed E-state index contributed by atoms with van der Waals surface area (Å²) in [5, 5.41) is 2.33. The minimum Gasteiger partial charge on any atom is -0.449 e. The highest BCUT2D eigenvalue weighted by molar-refractivity contribution is 5.84. The Morgan fingerprint density at radius 1 is 1.08 bits per heavy atom. The molecule has 5 heteroatoms. The van der Waals surface area contributed by atoms with Crippen molar-refractivity contribution in [3.05, 3.63) is 59.7 Å². The molecule has 2 aromatic rings. The van der Waals surface area contributed by atoms with Crippen molar-refractivity contribution in [1.82, 2.24) is 5.32 Å². The minimum absolute atomic E-state index is 0.0767. The van der Waals surface area contributed by atoms with Gasteiger partial charge in [-0.3, -0.25) is 4.79 Å². The summed E-state index contributed by atoms with van der Waals surface area (Å²) in [6, 6.07) is 14.4. The van der Waals surface area contributed by atoms with Crippen LogP contribution in [0.4, 0.5) is 9.18 Å². The van der Waals surface area contributed by atoms with E-state index in [1.165, 1.54) is 6.92 Å². The standard InChI is InChI=1S/C20H20FNO3/c1-3-20(2,18(21)23)22-19(24)25-12-17-15-10-6-4-8-13(15)14-9-5-7-11-16(14)17/h4-11,17H,3,12H2,1-2H3,(H,22,24). The fraction of sp³-hybridized carbons (Fsp3) is 0.300. The van der Waals surface area contributed by atoms with Crippen LogP contribution in [-0.4, -0.2) is 24.3 Å². The van der Waals surface area contributed by atoms with E-state index in [1.807, 2.05) is 48.5 Å². The van der Waals surface area contributed by atoms with Crippen molar-refractivity contribution in [1.29, 1.82) is 0 Å². The molecule has 0 bridgehead atoms. The summed E-state index contributed by atoms with van der Waals surface area (Å²) < 4.78 is 18.5. The summed E-state index contributed by atoms with van der Waals surface area (Å²) in [7, 11) is 0. The summed E-state index contributed by atoms with van der Waals surface area (Å²) in [6.07, 6.45) is -0.649. The van der Waals surface area contributed by atoms with Gasteiger partial charge in [0.25, 0.3) is 0 Å². The third-order valence-electron chi connectivity index (χ3n) is 4.86. The van der Waals surface area contributed by atoms with Gasteiger partial charge in [-0.25, -0.2) is 4.79 Å². The number of amides is 1. The van der Waals surface area contributed by atoms with Gasteiger partial charge in [0.2, 0.25) is 0 Å². The van der Waals surface area contributed by atoms with Crippen molar-refractivity contribution in [2.75, 3.05) is 6.61 Å². The number of halogens is 1. The van der Waals surface area contributed by atoms with E-state index >= 15 is 0 Å². The van der Waals surface area contributed by atoms with E-state index in [9.17, 15) is 14.0 Å². The lowest BCUT2D eigenvalue weighted by Crippen LogP contribution is -2.50. The van der Waals surface area contributed by atoms with Gasteiger partial charge in [-0.15, -0.1) is 0 Å². The molecule has 0 aromatic heterocycles. The Bertz CT molecular complexity index is 775. The van der Waals surface area contributed by atoms with Gasteiger partial charge < -0.3 is 10.1 Å². The first-order chi connectivity index (χ1) is 12.0. The molecule has 0 aliphatic heterocycles. The third-order valence-corrected chi connectivity index (χ3v) is 4.86. The first-order valence-corrected chi connectivity index (χ1v) is 8.29. The van der Waals surface area contributed by atoms with Gasteiger partial charge in [0.1, 0.15) is 12.1 Å². The zero-order valence-electron chi connectivity index (χ0n) is 14.2. The molecule has 0 spiro atoms. The minimum atomic E-state index is -1.58. The number of ether oxygens (including phenoxy) is 1. The molecule has 1 aliphatic carbocycles. The quantitative estimate of drug-likeness (QED) is 0.830. The molecule has 0 saturated heterocycles. The summed E-state index contributed by atoms with van der Waals surface area (Å²) in [6.45, 7) is 3.10. The average molecular weight is 341 g/mol. The highest BCUT2D eigenvalue weighted by atomic mass is 19.1. The second-order valence-electron chi connectivity index (χ2n) is 6.41. The molecule has 3 rings (SSSR count). The molecular formula is C20H20FNO3. The largest absolute Gasteiger partial charge is 0.449 e. The van der Waals surface area contributed by atoms with Crippen LogP contribution in [0.5, 0.6) is 0 Å². The van der Waals surface area contributed by atoms with Crippen molar-refractivity contribution < 1.29 is 18.7 Å². The van der Waals surface area contributed by atoms with E-state index in [0.29, 0.717) is 0 Å². The number of nitrogens with one attached hydrogen (secondary N) is 1. The SMILES string of the molecule is CCC(C)(NC(=O)OCC1c2ccccc2-c2ccccc21)C(=O)F. The summed E-state index contributed by atoms with van der Waals surface area (Å²) in [5.41, 5.74) is 2.89. The summed E-state index contributed by atoms with van der Waals surface area (Å²) >= 11 is 0. The van der Waals surface area contributed by atoms with Crippen LogP contribution in [0, 0.1) is 0 Å². The Hall–Kier alpha value is -2.69. The number of hydrogen-bond donors (Lipinski definition) is 1. The Kier molecular flexibility index (Phi) is 4.57. The number of rotatable bonds is 5. The molecule has 0 heterocycles. The van der Waals surface area contributed by atoms with Crippen molar-refractivity contribution in [2.45, 2.75) is 31.7 Å². The van der Waals surface area contributed by atoms with E-state index in [0.717, 1.165) is 22.3 Å². The number of hydrogen-bond acceptors (Lipinski definition) is 3. The molecule has 0 radical (unpaired) electrons. The average Bonchev–Trinajstić information content (AvgIpc) is 2.94. The predicted octanol–water partition coefficient (Wildman–Crippen LogP) is 4.19. The zero-order chi connectivity index (χ0) is 18.0. The van der Waals surface area contributed by atoms with Crippen molar-refractivity contribution in [3.8, 4) is 11.1 Å². The monoisotopic (exact) mass is 341 g/mol. The molecule has 0 saturated carbocycles. The van der Waals surface area contributed by atoms with Crippen molar-refractivity contribution in [3.63, 3.8) is 0 Å². The van der Waals surface area contributed by atoms with Gasteiger partial charge in [-0.05, 0) is 35.6 Å². The van der Waals surface area contributed by atoms with E-state index in [1.54, 1.807) is 6.92 Å². The summed E-state index contributed by atoms with van der Waals surface area (Å²) in [4.78, 5) is 23.1. The Morgan fingerprint density at radius 3 is 2.08 bits per heavy atom. The molecular weight excluding hydrogens is 321 g/mol. The lowest BCUT2D eigenvalue weighted by molar-refractivity contribution is -0.135. The van der Waals surface area contributed by atoms with E-state index in [4.69, 9.17) is 4.74 Å². The maximum absolute atomic E-state index is 13.1. The number of benzene rings is 2. The van der Waals surface area contributed by atoms with Crippen LogP contribution in [0.25, 0.3) is 11.1 Å². The van der Waals surface area contributed by atoms with Crippen LogP contribution < -0.4 is 5.32 Å². The highest BCUT2D eigenvalue weighted by Crippen LogP contribution is 2.44. The van der Waals surface area contributed by atoms with Crippen LogP contribution in [0.3, 0.4) is 0 Å². The fourth-order valence-electron chi connectivity index (χ4n) is 3.14. The second-order valence-corrected chi connectivity index (χ2v) is 6.41. The molecule has 0 fully saturated rings. The smallest absolute Gasteiger partial charge is 0.408 e. The molecule has 4 nitrogen and oxygen atoms in total. The first kappa shape index (κ1) is 17.1. The van der Waals surface area contributed by atoms with E-state index in [-0.39, 0.29) is 18.9 Å². The van der Waals surface area contributed by atoms with Gasteiger partial charge in [-0.1, -0.05) is 55.5 Å². The molecule has 1 unspecified atom stereocenters. The van der Waals surface area contributed by atoms with E-state index in [2.05, 4.69) is 5.32 Å². The second kappa shape index (κ2) is 6.67. The topological polar surface area (TPSA) is 55.4 Å². The highest BCUT2D eigenvalue weighted by Gasteiger charge is 2.35. The number of fused-ring (bicyclic) bond motifs is 3. The van der Waals surface area contributed by atoms with Gasteiger partial charge >= 0.3 is 12.1 Å². The molecule has 1 atom stereocenters. The van der Waals surface area contributed by atoms with Gasteiger partial charge in [0.05, 0.1) is 0 Å². The lowest BCUT2D eigenvalue weighted by Gasteiger charge is -2.24. The predicted molar refractivity (Wildman–Crippen MR) is 93.0 cm³/mol. The molecule has 1 aliphatic rings. The third kappa shape index (κ3) is 3.14. The van der Waals surface area contributed by atoms with Crippen LogP contribution in [0.15, 0.2) is 48.5 Å². The number of carbonyl (C=O) groups is 2. The van der Waals surface area contributed by atoms with Crippen LogP contribution in [0.1, 0.15) is 37.3 Å². The molecule has 25 heavy (non-hydrogen) atoms. The van der Waals surface area contributed by atoms with Crippen molar-refractivity contribution >= 4 is 12.1 Å². The van der Waals surface area contributed by atoms with Crippen LogP contribution in [0.2, 0.25) is 0 Å². The van der Waals surface area contributed by atoms with Crippen LogP contribution in [-0.2, 0) is 9.53 Å². The normalized spacial score (nSPS) is 15.0. The Morgan fingerprint density at radius 2 is 1.60 bits per heavy atom. The van der Waals surface area contributed by atoms with Gasteiger partial charge in [0, 0.05) is 5.92 Å². The zero-order valence-corrected chi connectivity index (χ0v) is 14.2. The maximum Gasteiger partial charge on any atom is 0.408 e. The fourth-order valence-corrected chi connectivity index (χ4v) is 3.14. The van der Waals surface area contributed by atoms with Crippen LogP contribution >= 0.6 is 0 Å². The molecule has 130 valence electrons. The maximum atomic E-state index is 13.1. The van der Waals surface area contributed by atoms with Crippen molar-refractivity contribution in [2.24, 2.45) is 0 Å².